The monoisotopic (exact) mass is 179 g/mol. The minimum Gasteiger partial charge on any atom is -0.306 e. The molecule has 1 nitrogen and oxygen atoms in total. The van der Waals surface area contributed by atoms with E-state index in [1.807, 2.05) is 0 Å². The molecule has 0 N–H and O–H groups in total. The van der Waals surface area contributed by atoms with E-state index in [0.717, 1.165) is 35.6 Å². The Morgan fingerprint density at radius 2 is 1.69 bits per heavy atom. The SMILES string of the molecule is CC1C2C(C)C3(C)C2C1C3N(C)C. The fourth-order valence-electron chi connectivity index (χ4n) is 5.36. The van der Waals surface area contributed by atoms with E-state index in [2.05, 4.69) is 39.8 Å². The van der Waals surface area contributed by atoms with Gasteiger partial charge in [-0.15, -0.1) is 0 Å². The van der Waals surface area contributed by atoms with Crippen molar-refractivity contribution < 1.29 is 0 Å². The quantitative estimate of drug-likeness (QED) is 0.596. The van der Waals surface area contributed by atoms with Gasteiger partial charge in [-0.2, -0.15) is 0 Å². The summed E-state index contributed by atoms with van der Waals surface area (Å²) in [6.45, 7) is 7.47. The van der Waals surface area contributed by atoms with Crippen LogP contribution >= 0.6 is 0 Å². The zero-order valence-corrected chi connectivity index (χ0v) is 9.41. The largest absolute Gasteiger partial charge is 0.306 e. The first-order valence-corrected chi connectivity index (χ1v) is 5.67. The Kier molecular flexibility index (Phi) is 1.26. The van der Waals surface area contributed by atoms with Gasteiger partial charge in [0.2, 0.25) is 0 Å². The van der Waals surface area contributed by atoms with Crippen LogP contribution in [0, 0.1) is 35.0 Å². The van der Waals surface area contributed by atoms with E-state index in [1.54, 1.807) is 0 Å². The molecule has 0 bridgehead atoms. The van der Waals surface area contributed by atoms with Gasteiger partial charge < -0.3 is 4.90 Å². The van der Waals surface area contributed by atoms with Crippen LogP contribution in [0.4, 0.5) is 0 Å². The van der Waals surface area contributed by atoms with Crippen LogP contribution in [-0.2, 0) is 0 Å². The molecular formula is C12H21N. The molecule has 0 saturated heterocycles. The molecule has 0 aliphatic heterocycles. The molecule has 7 unspecified atom stereocenters. The van der Waals surface area contributed by atoms with Crippen molar-refractivity contribution in [3.8, 4) is 0 Å². The average Bonchev–Trinajstić information content (AvgIpc) is 2.04. The zero-order chi connectivity index (χ0) is 9.54. The molecule has 3 fully saturated rings. The maximum Gasteiger partial charge on any atom is 0.0182 e. The standard InChI is InChI=1S/C12H21N/c1-6-8-7(2)12(3)10(8)9(6)11(12)13(4)5/h6-11H,1-5H3. The molecular weight excluding hydrogens is 158 g/mol. The molecule has 0 heterocycles. The minimum atomic E-state index is 0.686. The molecule has 74 valence electrons. The molecule has 1 heteroatoms. The predicted octanol–water partition coefficient (Wildman–Crippen LogP) is 2.08. The molecule has 3 aliphatic rings. The van der Waals surface area contributed by atoms with Crippen LogP contribution in [0.2, 0.25) is 0 Å². The van der Waals surface area contributed by atoms with E-state index >= 15 is 0 Å². The van der Waals surface area contributed by atoms with E-state index < -0.39 is 0 Å². The fourth-order valence-corrected chi connectivity index (χ4v) is 5.36. The summed E-state index contributed by atoms with van der Waals surface area (Å²) >= 11 is 0. The lowest BCUT2D eigenvalue weighted by atomic mass is 9.21. The second kappa shape index (κ2) is 1.98. The van der Waals surface area contributed by atoms with Crippen LogP contribution in [0.5, 0.6) is 0 Å². The second-order valence-electron chi connectivity index (χ2n) is 6.10. The van der Waals surface area contributed by atoms with E-state index in [1.165, 1.54) is 0 Å². The Labute approximate surface area is 81.5 Å². The molecule has 0 aromatic heterocycles. The first-order valence-electron chi connectivity index (χ1n) is 5.67. The van der Waals surface area contributed by atoms with Crippen molar-refractivity contribution in [2.24, 2.45) is 35.0 Å². The summed E-state index contributed by atoms with van der Waals surface area (Å²) in [6, 6.07) is 0.882. The van der Waals surface area contributed by atoms with Crippen LogP contribution in [-0.4, -0.2) is 25.0 Å². The van der Waals surface area contributed by atoms with Crippen molar-refractivity contribution in [3.63, 3.8) is 0 Å². The smallest absolute Gasteiger partial charge is 0.0182 e. The van der Waals surface area contributed by atoms with Gasteiger partial charge in [0.1, 0.15) is 0 Å². The first kappa shape index (κ1) is 8.28. The minimum absolute atomic E-state index is 0.686. The molecule has 0 radical (unpaired) electrons. The number of hydrogen-bond acceptors (Lipinski definition) is 1. The Balaban J connectivity index is 1.92. The molecule has 0 amide bonds. The van der Waals surface area contributed by atoms with Crippen LogP contribution in [0.3, 0.4) is 0 Å². The zero-order valence-electron chi connectivity index (χ0n) is 9.41. The number of nitrogens with zero attached hydrogens (tertiary/aromatic N) is 1. The maximum absolute atomic E-state index is 2.52. The third-order valence-electron chi connectivity index (χ3n) is 5.88. The fraction of sp³-hybridized carbons (Fsp3) is 1.00. The Bertz CT molecular complexity index is 252. The van der Waals surface area contributed by atoms with E-state index in [9.17, 15) is 0 Å². The number of rotatable bonds is 1. The van der Waals surface area contributed by atoms with Crippen molar-refractivity contribution in [1.29, 1.82) is 0 Å². The van der Waals surface area contributed by atoms with E-state index in [4.69, 9.17) is 0 Å². The van der Waals surface area contributed by atoms with E-state index in [0.29, 0.717) is 5.41 Å². The molecule has 0 spiro atoms. The molecule has 3 saturated carbocycles. The summed E-state index contributed by atoms with van der Waals surface area (Å²) in [6.07, 6.45) is 0. The molecule has 13 heavy (non-hydrogen) atoms. The van der Waals surface area contributed by atoms with Crippen molar-refractivity contribution >= 4 is 0 Å². The predicted molar refractivity (Wildman–Crippen MR) is 54.4 cm³/mol. The molecule has 7 atom stereocenters. The lowest BCUT2D eigenvalue weighted by molar-refractivity contribution is -0.378. The summed E-state index contributed by atoms with van der Waals surface area (Å²) < 4.78 is 0. The highest BCUT2D eigenvalue weighted by atomic mass is 15.2. The maximum atomic E-state index is 2.52. The van der Waals surface area contributed by atoms with Crippen molar-refractivity contribution in [2.45, 2.75) is 26.8 Å². The van der Waals surface area contributed by atoms with Gasteiger partial charge in [-0.1, -0.05) is 20.8 Å². The van der Waals surface area contributed by atoms with Gasteiger partial charge in [0.25, 0.3) is 0 Å². The van der Waals surface area contributed by atoms with Gasteiger partial charge in [-0.05, 0) is 49.1 Å². The van der Waals surface area contributed by atoms with E-state index in [-0.39, 0.29) is 0 Å². The van der Waals surface area contributed by atoms with Crippen molar-refractivity contribution in [1.82, 2.24) is 4.90 Å². The summed E-state index contributed by atoms with van der Waals surface area (Å²) in [5, 5.41) is 0. The Morgan fingerprint density at radius 1 is 1.08 bits per heavy atom. The van der Waals surface area contributed by atoms with Crippen molar-refractivity contribution in [2.75, 3.05) is 14.1 Å². The van der Waals surface area contributed by atoms with Gasteiger partial charge in [0, 0.05) is 6.04 Å². The van der Waals surface area contributed by atoms with Crippen LogP contribution < -0.4 is 0 Å². The second-order valence-corrected chi connectivity index (χ2v) is 6.10. The number of hydrogen-bond donors (Lipinski definition) is 0. The summed E-state index contributed by atoms with van der Waals surface area (Å²) in [5.74, 6) is 5.22. The molecule has 0 aromatic carbocycles. The summed E-state index contributed by atoms with van der Waals surface area (Å²) in [4.78, 5) is 2.48. The molecule has 3 rings (SSSR count). The van der Waals surface area contributed by atoms with Gasteiger partial charge in [-0.3, -0.25) is 0 Å². The van der Waals surface area contributed by atoms with Gasteiger partial charge >= 0.3 is 0 Å². The summed E-state index contributed by atoms with van der Waals surface area (Å²) in [5.41, 5.74) is 0.686. The summed E-state index contributed by atoms with van der Waals surface area (Å²) in [7, 11) is 4.52. The van der Waals surface area contributed by atoms with Gasteiger partial charge in [0.15, 0.2) is 0 Å². The van der Waals surface area contributed by atoms with Crippen LogP contribution in [0.15, 0.2) is 0 Å². The van der Waals surface area contributed by atoms with Crippen LogP contribution in [0.1, 0.15) is 20.8 Å². The third-order valence-corrected chi connectivity index (χ3v) is 5.88. The third kappa shape index (κ3) is 0.562. The average molecular weight is 179 g/mol. The highest BCUT2D eigenvalue weighted by Gasteiger charge is 2.81. The lowest BCUT2D eigenvalue weighted by Gasteiger charge is -2.86. The van der Waals surface area contributed by atoms with Gasteiger partial charge in [0.05, 0.1) is 0 Å². The van der Waals surface area contributed by atoms with Gasteiger partial charge in [-0.25, -0.2) is 0 Å². The van der Waals surface area contributed by atoms with Crippen LogP contribution in [0.25, 0.3) is 0 Å². The lowest BCUT2D eigenvalue weighted by Crippen LogP contribution is -2.86. The Morgan fingerprint density at radius 3 is 2.15 bits per heavy atom. The highest BCUT2D eigenvalue weighted by Crippen LogP contribution is 2.82. The normalized spacial score (nSPS) is 67.8. The molecule has 3 aliphatic carbocycles. The topological polar surface area (TPSA) is 3.24 Å². The molecule has 0 aromatic rings. The van der Waals surface area contributed by atoms with Crippen molar-refractivity contribution in [3.05, 3.63) is 0 Å². The highest BCUT2D eigenvalue weighted by molar-refractivity contribution is 5.30. The Hall–Kier alpha value is -0.0400. The first-order chi connectivity index (χ1) is 6.01.